The van der Waals surface area contributed by atoms with E-state index in [1.807, 2.05) is 12.1 Å². The van der Waals surface area contributed by atoms with E-state index in [1.54, 1.807) is 0 Å². The molecular formula is C27H44O. The minimum Gasteiger partial charge on any atom is -0.508 e. The van der Waals surface area contributed by atoms with Crippen LogP contribution in [0.2, 0.25) is 0 Å². The van der Waals surface area contributed by atoms with E-state index in [0.29, 0.717) is 5.75 Å². The first-order chi connectivity index (χ1) is 13.8. The van der Waals surface area contributed by atoms with Crippen LogP contribution in [0.3, 0.4) is 0 Å². The first-order valence-electron chi connectivity index (χ1n) is 12.6. The molecule has 1 N–H and O–H groups in total. The normalized spacial score (nSPS) is 24.8. The van der Waals surface area contributed by atoms with E-state index in [9.17, 15) is 5.11 Å². The molecule has 2 aliphatic carbocycles. The minimum atomic E-state index is 0.439. The lowest BCUT2D eigenvalue weighted by Crippen LogP contribution is -2.26. The predicted molar refractivity (Wildman–Crippen MR) is 121 cm³/mol. The Kier molecular flexibility index (Phi) is 9.22. The van der Waals surface area contributed by atoms with Gasteiger partial charge in [0.15, 0.2) is 0 Å². The minimum absolute atomic E-state index is 0.439. The second-order valence-electron chi connectivity index (χ2n) is 9.85. The maximum atomic E-state index is 9.69. The summed E-state index contributed by atoms with van der Waals surface area (Å²) in [4.78, 5) is 0. The van der Waals surface area contributed by atoms with Gasteiger partial charge in [-0.1, -0.05) is 90.0 Å². The third-order valence-electron chi connectivity index (χ3n) is 7.73. The van der Waals surface area contributed by atoms with Crippen molar-refractivity contribution >= 4 is 0 Å². The lowest BCUT2D eigenvalue weighted by Gasteiger charge is -2.36. The van der Waals surface area contributed by atoms with Crippen molar-refractivity contribution in [2.45, 2.75) is 116 Å². The van der Waals surface area contributed by atoms with Crippen molar-refractivity contribution < 1.29 is 5.11 Å². The summed E-state index contributed by atoms with van der Waals surface area (Å²) in [6.07, 6.45) is 24.2. The lowest BCUT2D eigenvalue weighted by atomic mass is 9.69. The molecule has 1 fully saturated rings. The van der Waals surface area contributed by atoms with E-state index >= 15 is 0 Å². The van der Waals surface area contributed by atoms with Gasteiger partial charge in [0.2, 0.25) is 0 Å². The third kappa shape index (κ3) is 6.82. The van der Waals surface area contributed by atoms with Gasteiger partial charge < -0.3 is 5.11 Å². The van der Waals surface area contributed by atoms with Crippen LogP contribution in [0.25, 0.3) is 0 Å². The fraction of sp³-hybridized carbons (Fsp3) is 0.778. The fourth-order valence-electron chi connectivity index (χ4n) is 5.86. The maximum Gasteiger partial charge on any atom is 0.115 e. The van der Waals surface area contributed by atoms with Crippen LogP contribution in [0.1, 0.15) is 114 Å². The Bertz CT molecular complexity index is 555. The van der Waals surface area contributed by atoms with Gasteiger partial charge in [-0.3, -0.25) is 0 Å². The van der Waals surface area contributed by atoms with Gasteiger partial charge in [-0.2, -0.15) is 0 Å². The zero-order valence-electron chi connectivity index (χ0n) is 18.4. The van der Waals surface area contributed by atoms with E-state index in [0.717, 1.165) is 17.8 Å². The number of hydrogen-bond donors (Lipinski definition) is 1. The van der Waals surface area contributed by atoms with E-state index in [-0.39, 0.29) is 0 Å². The standard InChI is InChI=1S/C27H44O/c1-2-3-4-5-6-7-8-9-10-11-22-12-14-23(15-13-22)24-16-17-26-21-27(28)19-18-25(26)20-24/h18-19,21-24,28H,2-17,20H2,1H3. The van der Waals surface area contributed by atoms with Crippen molar-refractivity contribution in [3.05, 3.63) is 29.3 Å². The third-order valence-corrected chi connectivity index (χ3v) is 7.73. The van der Waals surface area contributed by atoms with Gasteiger partial charge in [-0.05, 0) is 73.1 Å². The summed E-state index contributed by atoms with van der Waals surface area (Å²) in [7, 11) is 0. The molecule has 0 heterocycles. The van der Waals surface area contributed by atoms with E-state index in [1.165, 1.54) is 120 Å². The number of benzene rings is 1. The van der Waals surface area contributed by atoms with E-state index in [2.05, 4.69) is 13.0 Å². The zero-order chi connectivity index (χ0) is 19.6. The molecule has 3 rings (SSSR count). The number of phenols is 1. The Morgan fingerprint density at radius 1 is 0.750 bits per heavy atom. The fourth-order valence-corrected chi connectivity index (χ4v) is 5.86. The highest BCUT2D eigenvalue weighted by molar-refractivity contribution is 5.36. The highest BCUT2D eigenvalue weighted by Gasteiger charge is 2.30. The summed E-state index contributed by atoms with van der Waals surface area (Å²) < 4.78 is 0. The summed E-state index contributed by atoms with van der Waals surface area (Å²) in [6, 6.07) is 6.04. The second-order valence-corrected chi connectivity index (χ2v) is 9.85. The van der Waals surface area contributed by atoms with Crippen molar-refractivity contribution in [1.82, 2.24) is 0 Å². The molecule has 0 bridgehead atoms. The van der Waals surface area contributed by atoms with Gasteiger partial charge in [-0.15, -0.1) is 0 Å². The maximum absolute atomic E-state index is 9.69. The second kappa shape index (κ2) is 11.9. The highest BCUT2D eigenvalue weighted by atomic mass is 16.3. The number of rotatable bonds is 11. The number of aryl methyl sites for hydroxylation is 1. The molecule has 0 radical (unpaired) electrons. The van der Waals surface area contributed by atoms with Gasteiger partial charge in [0.25, 0.3) is 0 Å². The van der Waals surface area contributed by atoms with Gasteiger partial charge in [0, 0.05) is 0 Å². The van der Waals surface area contributed by atoms with Crippen LogP contribution in [-0.2, 0) is 12.8 Å². The van der Waals surface area contributed by atoms with Crippen molar-refractivity contribution in [3.8, 4) is 5.75 Å². The molecule has 0 aliphatic heterocycles. The molecule has 28 heavy (non-hydrogen) atoms. The van der Waals surface area contributed by atoms with Crippen LogP contribution in [0.5, 0.6) is 5.75 Å². The number of aromatic hydroxyl groups is 1. The van der Waals surface area contributed by atoms with E-state index < -0.39 is 0 Å². The van der Waals surface area contributed by atoms with Crippen LogP contribution >= 0.6 is 0 Å². The van der Waals surface area contributed by atoms with Crippen LogP contribution in [0.15, 0.2) is 18.2 Å². The summed E-state index contributed by atoms with van der Waals surface area (Å²) in [5, 5.41) is 9.69. The molecule has 1 heteroatoms. The average Bonchev–Trinajstić information content (AvgIpc) is 2.72. The van der Waals surface area contributed by atoms with Crippen LogP contribution in [-0.4, -0.2) is 5.11 Å². The SMILES string of the molecule is CCCCCCCCCCCC1CCC(C2CCc3cc(O)ccc3C2)CC1. The van der Waals surface area contributed by atoms with Crippen molar-refractivity contribution in [2.75, 3.05) is 0 Å². The van der Waals surface area contributed by atoms with Crippen molar-refractivity contribution in [3.63, 3.8) is 0 Å². The molecule has 1 aromatic rings. The van der Waals surface area contributed by atoms with E-state index in [4.69, 9.17) is 0 Å². The molecule has 0 saturated heterocycles. The van der Waals surface area contributed by atoms with Crippen LogP contribution in [0, 0.1) is 17.8 Å². The zero-order valence-corrected chi connectivity index (χ0v) is 18.4. The largest absolute Gasteiger partial charge is 0.508 e. The summed E-state index contributed by atoms with van der Waals surface area (Å²) in [5.74, 6) is 3.31. The first kappa shape index (κ1) is 21.7. The molecule has 1 aromatic carbocycles. The highest BCUT2D eigenvalue weighted by Crippen LogP contribution is 2.41. The van der Waals surface area contributed by atoms with Gasteiger partial charge in [0.1, 0.15) is 5.75 Å². The van der Waals surface area contributed by atoms with Crippen molar-refractivity contribution in [2.24, 2.45) is 17.8 Å². The van der Waals surface area contributed by atoms with Crippen molar-refractivity contribution in [1.29, 1.82) is 0 Å². The Hall–Kier alpha value is -0.980. The quantitative estimate of drug-likeness (QED) is 0.381. The molecule has 1 atom stereocenters. The smallest absolute Gasteiger partial charge is 0.115 e. The molecule has 2 aliphatic rings. The summed E-state index contributed by atoms with van der Waals surface area (Å²) >= 11 is 0. The molecular weight excluding hydrogens is 340 g/mol. The molecule has 1 unspecified atom stereocenters. The summed E-state index contributed by atoms with van der Waals surface area (Å²) in [5.41, 5.74) is 2.90. The molecule has 158 valence electrons. The van der Waals surface area contributed by atoms with Gasteiger partial charge in [0.05, 0.1) is 0 Å². The Labute approximate surface area is 174 Å². The van der Waals surface area contributed by atoms with Crippen LogP contribution in [0.4, 0.5) is 0 Å². The molecule has 0 amide bonds. The monoisotopic (exact) mass is 384 g/mol. The first-order valence-corrected chi connectivity index (χ1v) is 12.6. The lowest BCUT2D eigenvalue weighted by molar-refractivity contribution is 0.182. The Balaban J connectivity index is 1.26. The predicted octanol–water partition coefficient (Wildman–Crippen LogP) is 8.22. The molecule has 1 nitrogen and oxygen atoms in total. The van der Waals surface area contributed by atoms with Gasteiger partial charge >= 0.3 is 0 Å². The van der Waals surface area contributed by atoms with Crippen LogP contribution < -0.4 is 0 Å². The molecule has 0 aromatic heterocycles. The molecule has 1 saturated carbocycles. The Morgan fingerprint density at radius 3 is 2.14 bits per heavy atom. The topological polar surface area (TPSA) is 20.2 Å². The average molecular weight is 385 g/mol. The number of hydrogen-bond acceptors (Lipinski definition) is 1. The molecule has 0 spiro atoms. The number of phenolic OH excluding ortho intramolecular Hbond substituents is 1. The number of unbranched alkanes of at least 4 members (excludes halogenated alkanes) is 8. The summed E-state index contributed by atoms with van der Waals surface area (Å²) in [6.45, 7) is 2.30. The van der Waals surface area contributed by atoms with Gasteiger partial charge in [-0.25, -0.2) is 0 Å². The number of fused-ring (bicyclic) bond motifs is 1. The Morgan fingerprint density at radius 2 is 1.43 bits per heavy atom.